The molecule has 112 valence electrons. The van der Waals surface area contributed by atoms with Crippen molar-refractivity contribution in [2.75, 3.05) is 18.1 Å². The summed E-state index contributed by atoms with van der Waals surface area (Å²) < 4.78 is 29.0. The van der Waals surface area contributed by atoms with E-state index in [1.54, 1.807) is 0 Å². The van der Waals surface area contributed by atoms with Gasteiger partial charge in [0.1, 0.15) is 11.9 Å². The molecule has 0 radical (unpaired) electrons. The summed E-state index contributed by atoms with van der Waals surface area (Å²) in [5, 5.41) is 3.43. The molecule has 1 fully saturated rings. The van der Waals surface area contributed by atoms with E-state index in [4.69, 9.17) is 4.74 Å². The van der Waals surface area contributed by atoms with Gasteiger partial charge in [-0.15, -0.1) is 0 Å². The standard InChI is InChI=1S/C15H23NO3S/c1-3-14(16-4-2)13-7-5-6-8-15(13)19-12-9-10-20(17,18)11-12/h5-8,12,14,16H,3-4,9-11H2,1-2H3. The Kier molecular flexibility index (Phi) is 5.05. The average Bonchev–Trinajstić information content (AvgIpc) is 2.76. The highest BCUT2D eigenvalue weighted by molar-refractivity contribution is 7.91. The van der Waals surface area contributed by atoms with Crippen LogP contribution in [0.3, 0.4) is 0 Å². The highest BCUT2D eigenvalue weighted by atomic mass is 32.2. The normalized spacial score (nSPS) is 22.6. The molecule has 0 bridgehead atoms. The smallest absolute Gasteiger partial charge is 0.154 e. The Morgan fingerprint density at radius 3 is 2.70 bits per heavy atom. The third-order valence-corrected chi connectivity index (χ3v) is 5.37. The van der Waals surface area contributed by atoms with Crippen molar-refractivity contribution < 1.29 is 13.2 Å². The van der Waals surface area contributed by atoms with Crippen LogP contribution < -0.4 is 10.1 Å². The third-order valence-electron chi connectivity index (χ3n) is 3.64. The Balaban J connectivity index is 2.15. The van der Waals surface area contributed by atoms with E-state index in [1.165, 1.54) is 0 Å². The van der Waals surface area contributed by atoms with E-state index in [-0.39, 0.29) is 23.7 Å². The van der Waals surface area contributed by atoms with E-state index in [0.29, 0.717) is 6.42 Å². The number of rotatable bonds is 6. The highest BCUT2D eigenvalue weighted by Crippen LogP contribution is 2.29. The van der Waals surface area contributed by atoms with E-state index in [1.807, 2.05) is 18.2 Å². The zero-order valence-electron chi connectivity index (χ0n) is 12.1. The maximum absolute atomic E-state index is 11.5. The first-order valence-corrected chi connectivity index (χ1v) is 9.07. The molecule has 1 aromatic rings. The Morgan fingerprint density at radius 1 is 1.35 bits per heavy atom. The molecule has 1 N–H and O–H groups in total. The topological polar surface area (TPSA) is 55.4 Å². The largest absolute Gasteiger partial charge is 0.489 e. The number of ether oxygens (including phenoxy) is 1. The number of benzene rings is 1. The van der Waals surface area contributed by atoms with Gasteiger partial charge < -0.3 is 10.1 Å². The second-order valence-electron chi connectivity index (χ2n) is 5.20. The highest BCUT2D eigenvalue weighted by Gasteiger charge is 2.30. The molecule has 1 aromatic carbocycles. The molecular formula is C15H23NO3S. The quantitative estimate of drug-likeness (QED) is 0.875. The summed E-state index contributed by atoms with van der Waals surface area (Å²) in [6, 6.07) is 8.15. The first-order valence-electron chi connectivity index (χ1n) is 7.25. The van der Waals surface area contributed by atoms with Crippen LogP contribution in [0, 0.1) is 0 Å². The van der Waals surface area contributed by atoms with E-state index < -0.39 is 9.84 Å². The van der Waals surface area contributed by atoms with E-state index >= 15 is 0 Å². The molecule has 1 saturated heterocycles. The zero-order chi connectivity index (χ0) is 14.6. The van der Waals surface area contributed by atoms with Crippen LogP contribution in [0.2, 0.25) is 0 Å². The molecule has 20 heavy (non-hydrogen) atoms. The summed E-state index contributed by atoms with van der Waals surface area (Å²) in [5.41, 5.74) is 1.11. The lowest BCUT2D eigenvalue weighted by atomic mass is 10.0. The second kappa shape index (κ2) is 6.59. The summed E-state index contributed by atoms with van der Waals surface area (Å²) in [6.07, 6.45) is 1.35. The number of hydrogen-bond donors (Lipinski definition) is 1. The van der Waals surface area contributed by atoms with Crippen LogP contribution in [0.4, 0.5) is 0 Å². The van der Waals surface area contributed by atoms with Crippen LogP contribution in [0.15, 0.2) is 24.3 Å². The Hall–Kier alpha value is -1.07. The molecule has 0 amide bonds. The van der Waals surface area contributed by atoms with Gasteiger partial charge in [-0.2, -0.15) is 0 Å². The van der Waals surface area contributed by atoms with Crippen molar-refractivity contribution >= 4 is 9.84 Å². The molecule has 0 spiro atoms. The Labute approximate surface area is 121 Å². The fourth-order valence-electron chi connectivity index (χ4n) is 2.63. The van der Waals surface area contributed by atoms with Crippen LogP contribution in [0.25, 0.3) is 0 Å². The lowest BCUT2D eigenvalue weighted by Crippen LogP contribution is -2.23. The van der Waals surface area contributed by atoms with E-state index in [0.717, 1.165) is 24.3 Å². The van der Waals surface area contributed by atoms with Gasteiger partial charge in [0.15, 0.2) is 9.84 Å². The molecule has 1 aliphatic rings. The van der Waals surface area contributed by atoms with Gasteiger partial charge in [0.2, 0.25) is 0 Å². The van der Waals surface area contributed by atoms with Crippen LogP contribution in [0.1, 0.15) is 38.3 Å². The molecular weight excluding hydrogens is 274 g/mol. The molecule has 0 aromatic heterocycles. The van der Waals surface area contributed by atoms with Crippen molar-refractivity contribution in [3.63, 3.8) is 0 Å². The van der Waals surface area contributed by atoms with Crippen molar-refractivity contribution in [2.24, 2.45) is 0 Å². The minimum absolute atomic E-state index is 0.138. The predicted octanol–water partition coefficient (Wildman–Crippen LogP) is 2.31. The van der Waals surface area contributed by atoms with Crippen LogP contribution in [0.5, 0.6) is 5.75 Å². The lowest BCUT2D eigenvalue weighted by Gasteiger charge is -2.22. The molecule has 2 atom stereocenters. The molecule has 2 rings (SSSR count). The van der Waals surface area contributed by atoms with Gasteiger partial charge in [0.05, 0.1) is 11.5 Å². The monoisotopic (exact) mass is 297 g/mol. The fourth-order valence-corrected chi connectivity index (χ4v) is 4.22. The van der Waals surface area contributed by atoms with Crippen molar-refractivity contribution in [1.29, 1.82) is 0 Å². The maximum atomic E-state index is 11.5. The van der Waals surface area contributed by atoms with Gasteiger partial charge in [-0.1, -0.05) is 32.0 Å². The van der Waals surface area contributed by atoms with Gasteiger partial charge in [-0.05, 0) is 25.5 Å². The van der Waals surface area contributed by atoms with Crippen LogP contribution in [-0.2, 0) is 9.84 Å². The van der Waals surface area contributed by atoms with Crippen LogP contribution >= 0.6 is 0 Å². The molecule has 4 nitrogen and oxygen atoms in total. The van der Waals surface area contributed by atoms with Gasteiger partial charge >= 0.3 is 0 Å². The molecule has 1 heterocycles. The molecule has 2 unspecified atom stereocenters. The zero-order valence-corrected chi connectivity index (χ0v) is 12.9. The van der Waals surface area contributed by atoms with Gasteiger partial charge in [0.25, 0.3) is 0 Å². The maximum Gasteiger partial charge on any atom is 0.154 e. The second-order valence-corrected chi connectivity index (χ2v) is 7.43. The minimum atomic E-state index is -2.91. The first-order chi connectivity index (χ1) is 9.55. The molecule has 0 saturated carbocycles. The van der Waals surface area contributed by atoms with Crippen molar-refractivity contribution in [1.82, 2.24) is 5.32 Å². The number of hydrogen-bond acceptors (Lipinski definition) is 4. The lowest BCUT2D eigenvalue weighted by molar-refractivity contribution is 0.224. The Morgan fingerprint density at radius 2 is 2.10 bits per heavy atom. The molecule has 1 aliphatic heterocycles. The summed E-state index contributed by atoms with van der Waals surface area (Å²) in [5.74, 6) is 1.19. The van der Waals surface area contributed by atoms with E-state index in [9.17, 15) is 8.42 Å². The summed E-state index contributed by atoms with van der Waals surface area (Å²) in [4.78, 5) is 0. The van der Waals surface area contributed by atoms with Gasteiger partial charge in [0, 0.05) is 11.6 Å². The Bertz CT molecular complexity index is 542. The summed E-state index contributed by atoms with van der Waals surface area (Å²) in [7, 11) is -2.91. The average molecular weight is 297 g/mol. The minimum Gasteiger partial charge on any atom is -0.489 e. The summed E-state index contributed by atoms with van der Waals surface area (Å²) >= 11 is 0. The van der Waals surface area contributed by atoms with Gasteiger partial charge in [-0.25, -0.2) is 8.42 Å². The number of nitrogens with one attached hydrogen (secondary N) is 1. The fraction of sp³-hybridized carbons (Fsp3) is 0.600. The van der Waals surface area contributed by atoms with Crippen molar-refractivity contribution in [3.05, 3.63) is 29.8 Å². The van der Waals surface area contributed by atoms with Crippen molar-refractivity contribution in [2.45, 2.75) is 38.8 Å². The first kappa shape index (κ1) is 15.3. The van der Waals surface area contributed by atoms with Crippen molar-refractivity contribution in [3.8, 4) is 5.75 Å². The number of para-hydroxylation sites is 1. The number of sulfone groups is 1. The molecule has 0 aliphatic carbocycles. The third kappa shape index (κ3) is 3.73. The van der Waals surface area contributed by atoms with E-state index in [2.05, 4.69) is 25.2 Å². The predicted molar refractivity (Wildman–Crippen MR) is 80.8 cm³/mol. The molecule has 5 heteroatoms. The SMILES string of the molecule is CCNC(CC)c1ccccc1OC1CCS(=O)(=O)C1. The van der Waals surface area contributed by atoms with Crippen LogP contribution in [-0.4, -0.2) is 32.6 Å². The van der Waals surface area contributed by atoms with Gasteiger partial charge in [-0.3, -0.25) is 0 Å². The summed E-state index contributed by atoms with van der Waals surface area (Å²) in [6.45, 7) is 5.10.